The maximum Gasteiger partial charge on any atom is 0.249 e. The van der Waals surface area contributed by atoms with E-state index in [0.717, 1.165) is 47.8 Å². The van der Waals surface area contributed by atoms with Crippen molar-refractivity contribution in [2.45, 2.75) is 57.0 Å². The third-order valence-electron chi connectivity index (χ3n) is 6.92. The van der Waals surface area contributed by atoms with E-state index in [-0.39, 0.29) is 24.3 Å². The number of hydrogen-bond donors (Lipinski definition) is 1. The fourth-order valence-corrected chi connectivity index (χ4v) is 5.41. The second kappa shape index (κ2) is 8.41. The summed E-state index contributed by atoms with van der Waals surface area (Å²) in [5.41, 5.74) is 3.28. The number of nitrogens with one attached hydrogen (secondary N) is 1. The molecule has 1 aliphatic heterocycles. The Bertz CT molecular complexity index is 1180. The molecule has 6 heteroatoms. The van der Waals surface area contributed by atoms with Gasteiger partial charge in [0.05, 0.1) is 5.69 Å². The molecule has 2 heterocycles. The van der Waals surface area contributed by atoms with Gasteiger partial charge >= 0.3 is 0 Å². The van der Waals surface area contributed by atoms with E-state index < -0.39 is 11.9 Å². The summed E-state index contributed by atoms with van der Waals surface area (Å²) in [6.07, 6.45) is 6.11. The van der Waals surface area contributed by atoms with Crippen LogP contribution in [0.2, 0.25) is 0 Å². The third-order valence-corrected chi connectivity index (χ3v) is 6.92. The summed E-state index contributed by atoms with van der Waals surface area (Å²) in [4.78, 5) is 28.7. The van der Waals surface area contributed by atoms with Gasteiger partial charge in [-0.25, -0.2) is 4.39 Å². The zero-order valence-electron chi connectivity index (χ0n) is 18.3. The maximum absolute atomic E-state index is 14.2. The van der Waals surface area contributed by atoms with Crippen molar-refractivity contribution in [1.29, 1.82) is 0 Å². The highest BCUT2D eigenvalue weighted by molar-refractivity contribution is 6.04. The molecule has 1 aromatic heterocycles. The molecule has 5 rings (SSSR count). The molecular formula is C26H28FN3O2. The fraction of sp³-hybridized carbons (Fsp3) is 0.385. The zero-order chi connectivity index (χ0) is 22.2. The monoisotopic (exact) mass is 433 g/mol. The van der Waals surface area contributed by atoms with Crippen molar-refractivity contribution in [2.75, 3.05) is 4.90 Å². The molecule has 0 spiro atoms. The fourth-order valence-electron chi connectivity index (χ4n) is 5.41. The van der Waals surface area contributed by atoms with Crippen LogP contribution < -0.4 is 10.2 Å². The lowest BCUT2D eigenvalue weighted by atomic mass is 9.95. The van der Waals surface area contributed by atoms with Crippen LogP contribution in [0, 0.1) is 5.82 Å². The predicted molar refractivity (Wildman–Crippen MR) is 123 cm³/mol. The van der Waals surface area contributed by atoms with Crippen LogP contribution in [0.4, 0.5) is 10.1 Å². The Morgan fingerprint density at radius 1 is 1.03 bits per heavy atom. The van der Waals surface area contributed by atoms with Crippen LogP contribution in [-0.2, 0) is 23.1 Å². The Balaban J connectivity index is 1.67. The minimum absolute atomic E-state index is 0.113. The number of fused-ring (bicyclic) bond motifs is 3. The molecule has 0 saturated heterocycles. The summed E-state index contributed by atoms with van der Waals surface area (Å²) in [5, 5.41) is 4.29. The van der Waals surface area contributed by atoms with Gasteiger partial charge in [-0.1, -0.05) is 43.5 Å². The topological polar surface area (TPSA) is 54.3 Å². The van der Waals surface area contributed by atoms with Gasteiger partial charge in [0.25, 0.3) is 0 Å². The molecule has 1 fully saturated rings. The van der Waals surface area contributed by atoms with Crippen LogP contribution in [0.1, 0.15) is 55.8 Å². The van der Waals surface area contributed by atoms with Crippen molar-refractivity contribution in [3.05, 3.63) is 65.6 Å². The second-order valence-electron chi connectivity index (χ2n) is 8.93. The Kier molecular flexibility index (Phi) is 5.45. The van der Waals surface area contributed by atoms with E-state index in [1.165, 1.54) is 23.5 Å². The number of halogens is 1. The molecule has 1 atom stereocenters. The Morgan fingerprint density at radius 2 is 1.81 bits per heavy atom. The number of benzene rings is 2. The van der Waals surface area contributed by atoms with E-state index in [4.69, 9.17) is 0 Å². The standard InChI is InChI=1S/C26H28FN3O2/c1-29-22-13-6-5-12-20(22)21-14-15-23(31)30(19-11-7-8-17(27)16-19)25(24(21)29)26(32)28-18-9-3-2-4-10-18/h5-8,11-13,16,18,25H,2-4,9-10,14-15H2,1H3,(H,28,32). The third kappa shape index (κ3) is 3.57. The molecule has 166 valence electrons. The lowest BCUT2D eigenvalue weighted by Gasteiger charge is -2.32. The smallest absolute Gasteiger partial charge is 0.249 e. The highest BCUT2D eigenvalue weighted by atomic mass is 19.1. The Hall–Kier alpha value is -3.15. The summed E-state index contributed by atoms with van der Waals surface area (Å²) in [6.45, 7) is 0. The van der Waals surface area contributed by atoms with Crippen molar-refractivity contribution >= 4 is 28.4 Å². The summed E-state index contributed by atoms with van der Waals surface area (Å²) < 4.78 is 16.2. The number of para-hydroxylation sites is 1. The van der Waals surface area contributed by atoms with Crippen molar-refractivity contribution in [2.24, 2.45) is 7.05 Å². The first-order valence-electron chi connectivity index (χ1n) is 11.5. The first-order chi connectivity index (χ1) is 15.5. The van der Waals surface area contributed by atoms with Crippen molar-refractivity contribution < 1.29 is 14.0 Å². The van der Waals surface area contributed by atoms with Crippen LogP contribution in [0.15, 0.2) is 48.5 Å². The number of nitrogens with zero attached hydrogens (tertiary/aromatic N) is 2. The van der Waals surface area contributed by atoms with Gasteiger partial charge in [0.15, 0.2) is 6.04 Å². The molecule has 2 amide bonds. The first-order valence-corrected chi connectivity index (χ1v) is 11.5. The average molecular weight is 434 g/mol. The highest BCUT2D eigenvalue weighted by Crippen LogP contribution is 2.39. The van der Waals surface area contributed by atoms with Gasteiger partial charge in [0, 0.05) is 36.1 Å². The Morgan fingerprint density at radius 3 is 2.59 bits per heavy atom. The van der Waals surface area contributed by atoms with E-state index >= 15 is 0 Å². The van der Waals surface area contributed by atoms with Crippen LogP contribution >= 0.6 is 0 Å². The molecule has 0 bridgehead atoms. The van der Waals surface area contributed by atoms with Gasteiger partial charge in [-0.15, -0.1) is 0 Å². The van der Waals surface area contributed by atoms with Crippen LogP contribution in [0.5, 0.6) is 0 Å². The van der Waals surface area contributed by atoms with Crippen molar-refractivity contribution in [1.82, 2.24) is 9.88 Å². The average Bonchev–Trinajstić information content (AvgIpc) is 2.97. The SMILES string of the molecule is Cn1c2c(c3ccccc31)CCC(=O)N(c1cccc(F)c1)C2C(=O)NC1CCCCC1. The molecule has 1 N–H and O–H groups in total. The van der Waals surface area contributed by atoms with Gasteiger partial charge in [-0.2, -0.15) is 0 Å². The molecule has 0 radical (unpaired) electrons. The van der Waals surface area contributed by atoms with Crippen molar-refractivity contribution in [3.63, 3.8) is 0 Å². The lowest BCUT2D eigenvalue weighted by Crippen LogP contribution is -2.47. The van der Waals surface area contributed by atoms with E-state index in [9.17, 15) is 14.0 Å². The number of rotatable bonds is 3. The minimum atomic E-state index is -0.846. The summed E-state index contributed by atoms with van der Waals surface area (Å²) in [5.74, 6) is -0.786. The van der Waals surface area contributed by atoms with E-state index in [1.807, 2.05) is 35.9 Å². The van der Waals surface area contributed by atoms with Crippen LogP contribution in [0.3, 0.4) is 0 Å². The normalized spacial score (nSPS) is 19.6. The van der Waals surface area contributed by atoms with E-state index in [0.29, 0.717) is 12.1 Å². The molecule has 3 aromatic rings. The number of anilines is 1. The predicted octanol–water partition coefficient (Wildman–Crippen LogP) is 4.79. The molecule has 2 aliphatic rings. The molecule has 1 aliphatic carbocycles. The number of aryl methyl sites for hydroxylation is 2. The number of aromatic nitrogens is 1. The number of carbonyl (C=O) groups is 2. The second-order valence-corrected chi connectivity index (χ2v) is 8.93. The zero-order valence-corrected chi connectivity index (χ0v) is 18.3. The van der Waals surface area contributed by atoms with Crippen LogP contribution in [0.25, 0.3) is 10.9 Å². The summed E-state index contributed by atoms with van der Waals surface area (Å²) in [7, 11) is 1.95. The van der Waals surface area contributed by atoms with Gasteiger partial charge in [-0.05, 0) is 49.1 Å². The summed E-state index contributed by atoms with van der Waals surface area (Å²) in [6, 6.07) is 13.3. The lowest BCUT2D eigenvalue weighted by molar-refractivity contribution is -0.127. The largest absolute Gasteiger partial charge is 0.351 e. The van der Waals surface area contributed by atoms with Gasteiger partial charge in [0.2, 0.25) is 11.8 Å². The van der Waals surface area contributed by atoms with E-state index in [1.54, 1.807) is 12.1 Å². The molecule has 5 nitrogen and oxygen atoms in total. The number of carbonyl (C=O) groups excluding carboxylic acids is 2. The van der Waals surface area contributed by atoms with Crippen molar-refractivity contribution in [3.8, 4) is 0 Å². The molecule has 1 unspecified atom stereocenters. The van der Waals surface area contributed by atoms with E-state index in [2.05, 4.69) is 5.32 Å². The molecule has 1 saturated carbocycles. The number of amides is 2. The summed E-state index contributed by atoms with van der Waals surface area (Å²) >= 11 is 0. The van der Waals surface area contributed by atoms with Gasteiger partial charge in [0.1, 0.15) is 5.82 Å². The minimum Gasteiger partial charge on any atom is -0.351 e. The van der Waals surface area contributed by atoms with Gasteiger partial charge in [-0.3, -0.25) is 14.5 Å². The highest BCUT2D eigenvalue weighted by Gasteiger charge is 2.40. The Labute approximate surface area is 187 Å². The van der Waals surface area contributed by atoms with Crippen LogP contribution in [-0.4, -0.2) is 22.4 Å². The molecular weight excluding hydrogens is 405 g/mol. The van der Waals surface area contributed by atoms with Gasteiger partial charge < -0.3 is 9.88 Å². The number of hydrogen-bond acceptors (Lipinski definition) is 2. The molecule has 32 heavy (non-hydrogen) atoms. The molecule has 2 aromatic carbocycles. The first kappa shape index (κ1) is 20.7. The quantitative estimate of drug-likeness (QED) is 0.646. The maximum atomic E-state index is 14.2.